The molecule has 0 saturated heterocycles. The molecule has 0 aliphatic rings. The van der Waals surface area contributed by atoms with E-state index in [-0.39, 0.29) is 0 Å². The molecule has 0 saturated carbocycles. The average molecular weight is 256 g/mol. The van der Waals surface area contributed by atoms with Crippen LogP contribution in [-0.2, 0) is 6.42 Å². The Kier molecular flexibility index (Phi) is 4.45. The lowest BCUT2D eigenvalue weighted by Gasteiger charge is -2.15. The van der Waals surface area contributed by atoms with Crippen LogP contribution in [0, 0.1) is 0 Å². The second-order valence-electron chi connectivity index (χ2n) is 4.71. The lowest BCUT2D eigenvalue weighted by atomic mass is 9.93. The lowest BCUT2D eigenvalue weighted by Crippen LogP contribution is -2.00. The van der Waals surface area contributed by atoms with Gasteiger partial charge >= 0.3 is 0 Å². The second kappa shape index (κ2) is 6.28. The molecule has 2 rings (SSSR count). The van der Waals surface area contributed by atoms with Gasteiger partial charge in [-0.05, 0) is 35.6 Å². The summed E-state index contributed by atoms with van der Waals surface area (Å²) in [5, 5.41) is 0. The third kappa shape index (κ3) is 3.28. The average Bonchev–Trinajstić information content (AvgIpc) is 2.47. The summed E-state index contributed by atoms with van der Waals surface area (Å²) in [6, 6.07) is 16.7. The normalized spacial score (nSPS) is 11.9. The smallest absolute Gasteiger partial charge is 0.160 e. The van der Waals surface area contributed by atoms with Gasteiger partial charge in [0.05, 0.1) is 14.2 Å². The van der Waals surface area contributed by atoms with Crippen molar-refractivity contribution in [1.82, 2.24) is 0 Å². The van der Waals surface area contributed by atoms with Gasteiger partial charge in [0.15, 0.2) is 11.5 Å². The van der Waals surface area contributed by atoms with Crippen LogP contribution in [0.25, 0.3) is 0 Å². The maximum absolute atomic E-state index is 5.35. The summed E-state index contributed by atoms with van der Waals surface area (Å²) in [6.07, 6.45) is 1.02. The monoisotopic (exact) mass is 256 g/mol. The Morgan fingerprint density at radius 2 is 1.58 bits per heavy atom. The Morgan fingerprint density at radius 1 is 0.895 bits per heavy atom. The molecule has 0 heterocycles. The summed E-state index contributed by atoms with van der Waals surface area (Å²) < 4.78 is 10.6. The largest absolute Gasteiger partial charge is 0.493 e. The summed E-state index contributed by atoms with van der Waals surface area (Å²) in [5.74, 6) is 2.01. The van der Waals surface area contributed by atoms with E-state index in [9.17, 15) is 0 Å². The van der Waals surface area contributed by atoms with E-state index in [1.165, 1.54) is 11.1 Å². The standard InChI is InChI=1S/C17H20O2/c1-13(11-14-7-5-4-6-8-14)15-9-10-16(18-2)17(12-15)19-3/h4-10,12-13H,11H2,1-3H3. The van der Waals surface area contributed by atoms with E-state index in [1.807, 2.05) is 12.1 Å². The van der Waals surface area contributed by atoms with E-state index in [1.54, 1.807) is 14.2 Å². The van der Waals surface area contributed by atoms with Crippen LogP contribution in [0.15, 0.2) is 48.5 Å². The van der Waals surface area contributed by atoms with Gasteiger partial charge in [0.25, 0.3) is 0 Å². The van der Waals surface area contributed by atoms with Crippen LogP contribution < -0.4 is 9.47 Å². The molecule has 2 nitrogen and oxygen atoms in total. The number of rotatable bonds is 5. The van der Waals surface area contributed by atoms with Gasteiger partial charge in [-0.15, -0.1) is 0 Å². The fourth-order valence-electron chi connectivity index (χ4n) is 2.24. The molecule has 0 aliphatic carbocycles. The molecule has 0 radical (unpaired) electrons. The quantitative estimate of drug-likeness (QED) is 0.803. The Bertz CT molecular complexity index is 520. The predicted octanol–water partition coefficient (Wildman–Crippen LogP) is 4.05. The van der Waals surface area contributed by atoms with Crippen LogP contribution in [0.4, 0.5) is 0 Å². The van der Waals surface area contributed by atoms with Crippen molar-refractivity contribution in [3.05, 3.63) is 59.7 Å². The van der Waals surface area contributed by atoms with E-state index >= 15 is 0 Å². The van der Waals surface area contributed by atoms with Crippen molar-refractivity contribution in [3.8, 4) is 11.5 Å². The molecule has 0 bridgehead atoms. The van der Waals surface area contributed by atoms with Crippen LogP contribution in [0.5, 0.6) is 11.5 Å². The maximum atomic E-state index is 5.35. The molecular weight excluding hydrogens is 236 g/mol. The Labute approximate surface area is 115 Å². The minimum atomic E-state index is 0.446. The highest BCUT2D eigenvalue weighted by Gasteiger charge is 2.10. The third-order valence-corrected chi connectivity index (χ3v) is 3.36. The van der Waals surface area contributed by atoms with Crippen molar-refractivity contribution in [2.75, 3.05) is 14.2 Å². The van der Waals surface area contributed by atoms with Gasteiger partial charge < -0.3 is 9.47 Å². The first kappa shape index (κ1) is 13.5. The van der Waals surface area contributed by atoms with Crippen molar-refractivity contribution >= 4 is 0 Å². The summed E-state index contributed by atoms with van der Waals surface area (Å²) in [6.45, 7) is 2.23. The number of hydrogen-bond donors (Lipinski definition) is 0. The molecular formula is C17H20O2. The molecule has 2 aromatic carbocycles. The Hall–Kier alpha value is -1.96. The van der Waals surface area contributed by atoms with Gasteiger partial charge in [-0.1, -0.05) is 43.3 Å². The summed E-state index contributed by atoms with van der Waals surface area (Å²) >= 11 is 0. The zero-order chi connectivity index (χ0) is 13.7. The Balaban J connectivity index is 2.17. The summed E-state index contributed by atoms with van der Waals surface area (Å²) in [5.41, 5.74) is 2.62. The van der Waals surface area contributed by atoms with E-state index in [2.05, 4.69) is 43.3 Å². The molecule has 100 valence electrons. The number of benzene rings is 2. The van der Waals surface area contributed by atoms with Crippen LogP contribution in [0.1, 0.15) is 24.0 Å². The topological polar surface area (TPSA) is 18.5 Å². The van der Waals surface area contributed by atoms with Crippen molar-refractivity contribution in [3.63, 3.8) is 0 Å². The first-order valence-corrected chi connectivity index (χ1v) is 6.50. The lowest BCUT2D eigenvalue weighted by molar-refractivity contribution is 0.354. The summed E-state index contributed by atoms with van der Waals surface area (Å²) in [4.78, 5) is 0. The zero-order valence-electron chi connectivity index (χ0n) is 11.7. The first-order valence-electron chi connectivity index (χ1n) is 6.50. The van der Waals surface area contributed by atoms with Gasteiger partial charge in [-0.3, -0.25) is 0 Å². The van der Waals surface area contributed by atoms with Gasteiger partial charge in [0, 0.05) is 0 Å². The molecule has 1 unspecified atom stereocenters. The predicted molar refractivity (Wildman–Crippen MR) is 78.1 cm³/mol. The van der Waals surface area contributed by atoms with Crippen molar-refractivity contribution in [2.45, 2.75) is 19.3 Å². The number of methoxy groups -OCH3 is 2. The van der Waals surface area contributed by atoms with Crippen LogP contribution in [0.2, 0.25) is 0 Å². The molecule has 0 fully saturated rings. The minimum absolute atomic E-state index is 0.446. The van der Waals surface area contributed by atoms with E-state index in [0.29, 0.717) is 5.92 Å². The third-order valence-electron chi connectivity index (χ3n) is 3.36. The van der Waals surface area contributed by atoms with E-state index < -0.39 is 0 Å². The molecule has 2 heteroatoms. The minimum Gasteiger partial charge on any atom is -0.493 e. The molecule has 2 aromatic rings. The second-order valence-corrected chi connectivity index (χ2v) is 4.71. The molecule has 0 N–H and O–H groups in total. The van der Waals surface area contributed by atoms with Crippen molar-refractivity contribution in [1.29, 1.82) is 0 Å². The number of hydrogen-bond acceptors (Lipinski definition) is 2. The van der Waals surface area contributed by atoms with E-state index in [0.717, 1.165) is 17.9 Å². The van der Waals surface area contributed by atoms with Gasteiger partial charge in [-0.2, -0.15) is 0 Å². The van der Waals surface area contributed by atoms with Gasteiger partial charge in [0.2, 0.25) is 0 Å². The fourth-order valence-corrected chi connectivity index (χ4v) is 2.24. The van der Waals surface area contributed by atoms with Gasteiger partial charge in [0.1, 0.15) is 0 Å². The molecule has 1 atom stereocenters. The first-order chi connectivity index (χ1) is 9.24. The molecule has 0 aliphatic heterocycles. The van der Waals surface area contributed by atoms with Gasteiger partial charge in [-0.25, -0.2) is 0 Å². The molecule has 19 heavy (non-hydrogen) atoms. The maximum Gasteiger partial charge on any atom is 0.160 e. The zero-order valence-corrected chi connectivity index (χ0v) is 11.7. The van der Waals surface area contributed by atoms with E-state index in [4.69, 9.17) is 9.47 Å². The molecule has 0 amide bonds. The van der Waals surface area contributed by atoms with Crippen LogP contribution in [-0.4, -0.2) is 14.2 Å². The van der Waals surface area contributed by atoms with Crippen molar-refractivity contribution in [2.24, 2.45) is 0 Å². The SMILES string of the molecule is COc1ccc(C(C)Cc2ccccc2)cc1OC. The molecule has 0 aromatic heterocycles. The highest BCUT2D eigenvalue weighted by atomic mass is 16.5. The number of ether oxygens (including phenoxy) is 2. The van der Waals surface area contributed by atoms with Crippen molar-refractivity contribution < 1.29 is 9.47 Å². The highest BCUT2D eigenvalue weighted by Crippen LogP contribution is 2.31. The molecule has 0 spiro atoms. The van der Waals surface area contributed by atoms with Crippen LogP contribution in [0.3, 0.4) is 0 Å². The highest BCUT2D eigenvalue weighted by molar-refractivity contribution is 5.44. The summed E-state index contributed by atoms with van der Waals surface area (Å²) in [7, 11) is 3.33. The van der Waals surface area contributed by atoms with Crippen LogP contribution >= 0.6 is 0 Å². The fraction of sp³-hybridized carbons (Fsp3) is 0.294. The Morgan fingerprint density at radius 3 is 2.21 bits per heavy atom.